The summed E-state index contributed by atoms with van der Waals surface area (Å²) in [5.74, 6) is 2.64. The van der Waals surface area contributed by atoms with Crippen LogP contribution in [0.5, 0.6) is 0 Å². The minimum Gasteiger partial charge on any atom is -0.362 e. The number of aliphatic hydroxyl groups is 1. The van der Waals surface area contributed by atoms with Crippen LogP contribution in [0.1, 0.15) is 119 Å². The summed E-state index contributed by atoms with van der Waals surface area (Å²) in [5.41, 5.74) is 2.81. The molecule has 1 atom stereocenters. The van der Waals surface area contributed by atoms with E-state index in [1.54, 1.807) is 0 Å². The summed E-state index contributed by atoms with van der Waals surface area (Å²) in [6.07, 6.45) is 13.2. The van der Waals surface area contributed by atoms with Gasteiger partial charge in [-0.15, -0.1) is 11.3 Å². The molecule has 5 aliphatic carbocycles. The number of amides is 1. The number of ether oxygens (including phenoxy) is 1. The predicted octanol–water partition coefficient (Wildman–Crippen LogP) is 7.30. The molecule has 8 rings (SSSR count). The number of thiazole rings is 1. The quantitative estimate of drug-likeness (QED) is 0.247. The normalized spacial score (nSPS) is 26.8. The van der Waals surface area contributed by atoms with E-state index in [0.29, 0.717) is 17.5 Å². The number of aliphatic hydroxyl groups excluding tert-OH is 1. The van der Waals surface area contributed by atoms with Crippen molar-refractivity contribution < 1.29 is 19.2 Å². The van der Waals surface area contributed by atoms with E-state index in [-0.39, 0.29) is 22.7 Å². The summed E-state index contributed by atoms with van der Waals surface area (Å²) in [7, 11) is 0. The first-order chi connectivity index (χ1) is 20.5. The van der Waals surface area contributed by atoms with Crippen molar-refractivity contribution in [3.05, 3.63) is 46.4 Å². The molecule has 2 heterocycles. The Balaban J connectivity index is 1.13. The Hall–Kier alpha value is -2.62. The Bertz CT molecular complexity index is 1380. The van der Waals surface area contributed by atoms with E-state index in [4.69, 9.17) is 14.2 Å². The van der Waals surface area contributed by atoms with E-state index in [1.165, 1.54) is 30.6 Å². The maximum atomic E-state index is 14.2. The second-order valence-electron chi connectivity index (χ2n) is 13.2. The van der Waals surface area contributed by atoms with E-state index in [0.717, 1.165) is 99.4 Å². The number of rotatable bonds is 10. The second kappa shape index (κ2) is 11.5. The number of hydrogen-bond acceptors (Lipinski definition) is 8. The van der Waals surface area contributed by atoms with Crippen molar-refractivity contribution in [2.24, 2.45) is 11.3 Å². The van der Waals surface area contributed by atoms with Gasteiger partial charge < -0.3 is 19.3 Å². The highest BCUT2D eigenvalue weighted by Crippen LogP contribution is 2.58. The molecule has 3 aromatic rings. The van der Waals surface area contributed by atoms with Crippen molar-refractivity contribution in [3.63, 3.8) is 0 Å². The highest BCUT2D eigenvalue weighted by Gasteiger charge is 2.53. The van der Waals surface area contributed by atoms with Gasteiger partial charge in [0.05, 0.1) is 5.69 Å². The molecule has 0 aliphatic heterocycles. The van der Waals surface area contributed by atoms with Crippen molar-refractivity contribution >= 4 is 22.9 Å². The molecule has 2 bridgehead atoms. The molecule has 1 unspecified atom stereocenters. The fraction of sp³-hybridized carbons (Fsp3) is 0.636. The Morgan fingerprint density at radius 2 is 1.86 bits per heavy atom. The van der Waals surface area contributed by atoms with Gasteiger partial charge in [0.1, 0.15) is 5.01 Å². The van der Waals surface area contributed by atoms with Gasteiger partial charge in [0.2, 0.25) is 18.1 Å². The van der Waals surface area contributed by atoms with Gasteiger partial charge >= 0.3 is 0 Å². The number of carbonyl (C=O) groups is 1. The summed E-state index contributed by atoms with van der Waals surface area (Å²) >= 11 is 1.39. The maximum absolute atomic E-state index is 14.2. The van der Waals surface area contributed by atoms with Crippen LogP contribution in [-0.2, 0) is 14.9 Å². The fourth-order valence-electron chi connectivity index (χ4n) is 7.58. The third kappa shape index (κ3) is 5.44. The van der Waals surface area contributed by atoms with E-state index in [2.05, 4.69) is 27.2 Å². The molecular formula is C33H42N4O4S. The van der Waals surface area contributed by atoms with Crippen LogP contribution in [0, 0.1) is 11.3 Å². The van der Waals surface area contributed by atoms with Crippen molar-refractivity contribution in [2.45, 2.75) is 108 Å². The van der Waals surface area contributed by atoms with Gasteiger partial charge in [0.15, 0.2) is 5.82 Å². The van der Waals surface area contributed by atoms with E-state index in [9.17, 15) is 9.90 Å². The van der Waals surface area contributed by atoms with Crippen LogP contribution in [0.15, 0.2) is 34.2 Å². The Kier molecular flexibility index (Phi) is 7.69. The van der Waals surface area contributed by atoms with Crippen molar-refractivity contribution in [1.29, 1.82) is 0 Å². The Morgan fingerprint density at radius 1 is 1.10 bits per heavy atom. The topological polar surface area (TPSA) is 102 Å². The average Bonchev–Trinajstić information content (AvgIpc) is 3.54. The molecule has 0 radical (unpaired) electrons. The third-order valence-electron chi connectivity index (χ3n) is 10.5. The molecule has 5 aliphatic rings. The molecule has 0 saturated heterocycles. The summed E-state index contributed by atoms with van der Waals surface area (Å²) in [5, 5.41) is 17.1. The lowest BCUT2D eigenvalue weighted by atomic mass is 9.53. The number of hydrogen-bond donors (Lipinski definition) is 1. The standard InChI is InChI=1S/C33H42N4O4S/c1-2-40-30(39)28-34-26(20-42-28)24-9-6-10-25(19-24)37(29(38)23-7-4-3-5-8-23)21-32-13-16-33(17-14-32,18-15-32)31-35-27(36-41-31)22-11-12-22/h6,9-10,19-20,22-23,30,39H,2-5,7-8,11-18,21H2,1H3. The first-order valence-corrected chi connectivity index (χ1v) is 16.9. The number of aromatic nitrogens is 3. The molecule has 5 fully saturated rings. The number of fused-ring (bicyclic) bond motifs is 3. The molecule has 5 saturated carbocycles. The Labute approximate surface area is 251 Å². The van der Waals surface area contributed by atoms with Gasteiger partial charge in [-0.1, -0.05) is 36.6 Å². The van der Waals surface area contributed by atoms with Gasteiger partial charge in [-0.2, -0.15) is 4.98 Å². The number of carbonyl (C=O) groups excluding carboxylic acids is 1. The third-order valence-corrected chi connectivity index (χ3v) is 11.3. The highest BCUT2D eigenvalue weighted by atomic mass is 32.1. The second-order valence-corrected chi connectivity index (χ2v) is 14.1. The zero-order chi connectivity index (χ0) is 28.7. The monoisotopic (exact) mass is 590 g/mol. The summed E-state index contributed by atoms with van der Waals surface area (Å²) in [6, 6.07) is 8.25. The van der Waals surface area contributed by atoms with Crippen LogP contribution in [0.2, 0.25) is 0 Å². The van der Waals surface area contributed by atoms with E-state index >= 15 is 0 Å². The van der Waals surface area contributed by atoms with Crippen LogP contribution in [0.3, 0.4) is 0 Å². The number of benzene rings is 1. The lowest BCUT2D eigenvalue weighted by molar-refractivity contribution is -0.124. The minimum absolute atomic E-state index is 0.00833. The zero-order valence-corrected chi connectivity index (χ0v) is 25.4. The minimum atomic E-state index is -1.02. The molecule has 9 heteroatoms. The maximum Gasteiger partial charge on any atom is 0.232 e. The average molecular weight is 591 g/mol. The van der Waals surface area contributed by atoms with Gasteiger partial charge in [0, 0.05) is 47.0 Å². The molecule has 1 N–H and O–H groups in total. The molecule has 0 spiro atoms. The van der Waals surface area contributed by atoms with E-state index in [1.807, 2.05) is 24.4 Å². The lowest BCUT2D eigenvalue weighted by Crippen LogP contribution is -2.51. The van der Waals surface area contributed by atoms with Crippen LogP contribution in [-0.4, -0.2) is 39.3 Å². The molecule has 1 aromatic carbocycles. The van der Waals surface area contributed by atoms with Crippen LogP contribution in [0.4, 0.5) is 5.69 Å². The first-order valence-electron chi connectivity index (χ1n) is 16.0. The fourth-order valence-corrected chi connectivity index (χ4v) is 8.33. The SMILES string of the molecule is CCOC(O)c1nc(-c2cccc(N(CC34CCC(c5nc(C6CC6)no5)(CC3)CC4)C(=O)C3CCCCC3)c2)cs1. The molecular weight excluding hydrogens is 548 g/mol. The smallest absolute Gasteiger partial charge is 0.232 e. The largest absolute Gasteiger partial charge is 0.362 e. The predicted molar refractivity (Wildman–Crippen MR) is 161 cm³/mol. The summed E-state index contributed by atoms with van der Waals surface area (Å²) in [4.78, 5) is 25.9. The molecule has 8 nitrogen and oxygen atoms in total. The number of nitrogens with zero attached hydrogens (tertiary/aromatic N) is 4. The van der Waals surface area contributed by atoms with E-state index < -0.39 is 6.29 Å². The highest BCUT2D eigenvalue weighted by molar-refractivity contribution is 7.10. The van der Waals surface area contributed by atoms with Gasteiger partial charge in [0.25, 0.3) is 0 Å². The Morgan fingerprint density at radius 3 is 2.57 bits per heavy atom. The van der Waals surface area contributed by atoms with Crippen molar-refractivity contribution in [2.75, 3.05) is 18.1 Å². The zero-order valence-electron chi connectivity index (χ0n) is 24.6. The molecule has 1 amide bonds. The van der Waals surface area contributed by atoms with Crippen LogP contribution < -0.4 is 4.90 Å². The van der Waals surface area contributed by atoms with Crippen LogP contribution in [0.25, 0.3) is 11.3 Å². The number of anilines is 1. The van der Waals surface area contributed by atoms with Crippen LogP contribution >= 0.6 is 11.3 Å². The molecule has 42 heavy (non-hydrogen) atoms. The first kappa shape index (κ1) is 28.2. The van der Waals surface area contributed by atoms with Gasteiger partial charge in [-0.3, -0.25) is 4.79 Å². The summed E-state index contributed by atoms with van der Waals surface area (Å²) in [6.45, 7) is 3.03. The van der Waals surface area contributed by atoms with Crippen molar-refractivity contribution in [3.8, 4) is 11.3 Å². The van der Waals surface area contributed by atoms with Crippen molar-refractivity contribution in [1.82, 2.24) is 15.1 Å². The van der Waals surface area contributed by atoms with Gasteiger partial charge in [-0.25, -0.2) is 4.98 Å². The van der Waals surface area contributed by atoms with Gasteiger partial charge in [-0.05, 0) is 88.7 Å². The summed E-state index contributed by atoms with van der Waals surface area (Å²) < 4.78 is 11.2. The lowest BCUT2D eigenvalue weighted by Gasteiger charge is -2.53. The molecule has 2 aromatic heterocycles. The molecule has 224 valence electrons.